The second-order valence-corrected chi connectivity index (χ2v) is 4.69. The van der Waals surface area contributed by atoms with Crippen LogP contribution in [0.5, 0.6) is 0 Å². The summed E-state index contributed by atoms with van der Waals surface area (Å²) in [5, 5.41) is 3.20. The van der Waals surface area contributed by atoms with Crippen LogP contribution in [0, 0.1) is 0 Å². The Hall–Kier alpha value is -1.77. The van der Waals surface area contributed by atoms with Crippen LogP contribution in [0.1, 0.15) is 18.4 Å². The number of hydrogen-bond donors (Lipinski definition) is 1. The van der Waals surface area contributed by atoms with Crippen molar-refractivity contribution in [2.45, 2.75) is 25.3 Å². The predicted molar refractivity (Wildman–Crippen MR) is 73.1 cm³/mol. The van der Waals surface area contributed by atoms with Crippen LogP contribution < -0.4 is 5.32 Å². The van der Waals surface area contributed by atoms with Gasteiger partial charge in [-0.15, -0.1) is 0 Å². The lowest BCUT2D eigenvalue weighted by atomic mass is 10.1. The summed E-state index contributed by atoms with van der Waals surface area (Å²) >= 11 is 0. The van der Waals surface area contributed by atoms with Crippen molar-refractivity contribution in [2.75, 3.05) is 13.1 Å². The van der Waals surface area contributed by atoms with Crippen LogP contribution in [0.15, 0.2) is 42.6 Å². The average molecular weight is 244 g/mol. The van der Waals surface area contributed by atoms with Gasteiger partial charge in [0.1, 0.15) is 0 Å². The molecule has 1 fully saturated rings. The van der Waals surface area contributed by atoms with Gasteiger partial charge in [0, 0.05) is 18.8 Å². The summed E-state index contributed by atoms with van der Waals surface area (Å²) in [7, 11) is 0. The summed E-state index contributed by atoms with van der Waals surface area (Å²) in [5.41, 5.74) is 2.30. The van der Waals surface area contributed by atoms with Gasteiger partial charge in [-0.3, -0.25) is 4.79 Å². The highest BCUT2D eigenvalue weighted by atomic mass is 16.1. The third-order valence-corrected chi connectivity index (χ3v) is 3.43. The number of benzene rings is 1. The van der Waals surface area contributed by atoms with Crippen LogP contribution >= 0.6 is 0 Å². The Morgan fingerprint density at radius 1 is 1.39 bits per heavy atom. The minimum Gasteiger partial charge on any atom is -0.387 e. The maximum atomic E-state index is 11.1. The van der Waals surface area contributed by atoms with Crippen LogP contribution in [-0.2, 0) is 11.2 Å². The Labute approximate surface area is 108 Å². The smallest absolute Gasteiger partial charge is 0.210 e. The molecular weight excluding hydrogens is 224 g/mol. The van der Waals surface area contributed by atoms with Crippen molar-refractivity contribution in [3.8, 4) is 0 Å². The molecular formula is C15H20N2O. The normalized spacial score (nSPS) is 18.4. The Morgan fingerprint density at radius 2 is 2.17 bits per heavy atom. The molecule has 96 valence electrons. The number of amides is 1. The van der Waals surface area contributed by atoms with E-state index >= 15 is 0 Å². The maximum absolute atomic E-state index is 11.1. The predicted octanol–water partition coefficient (Wildman–Crippen LogP) is 1.95. The molecule has 18 heavy (non-hydrogen) atoms. The van der Waals surface area contributed by atoms with E-state index in [4.69, 9.17) is 0 Å². The molecule has 1 N–H and O–H groups in total. The minimum atomic E-state index is 0.179. The standard InChI is InChI=1S/C15H20N2O/c1-13-15(9-10-16-13)17(12-18)11-5-8-14-6-3-2-4-7-14/h2-4,6-7,12,15-16H,1,5,8-11H2. The molecule has 1 unspecified atom stereocenters. The Morgan fingerprint density at radius 3 is 2.78 bits per heavy atom. The molecule has 0 bridgehead atoms. The number of carbonyl (C=O) groups is 1. The molecule has 1 aromatic rings. The van der Waals surface area contributed by atoms with E-state index < -0.39 is 0 Å². The van der Waals surface area contributed by atoms with E-state index in [1.54, 1.807) is 0 Å². The second-order valence-electron chi connectivity index (χ2n) is 4.69. The molecule has 3 heteroatoms. The molecule has 1 heterocycles. The van der Waals surface area contributed by atoms with Gasteiger partial charge >= 0.3 is 0 Å². The first-order chi connectivity index (χ1) is 8.81. The summed E-state index contributed by atoms with van der Waals surface area (Å²) < 4.78 is 0. The van der Waals surface area contributed by atoms with E-state index in [-0.39, 0.29) is 6.04 Å². The monoisotopic (exact) mass is 244 g/mol. The van der Waals surface area contributed by atoms with Crippen molar-refractivity contribution >= 4 is 6.41 Å². The van der Waals surface area contributed by atoms with E-state index in [1.165, 1.54) is 5.56 Å². The highest BCUT2D eigenvalue weighted by Gasteiger charge is 2.23. The van der Waals surface area contributed by atoms with E-state index in [2.05, 4.69) is 36.2 Å². The topological polar surface area (TPSA) is 32.3 Å². The van der Waals surface area contributed by atoms with Crippen molar-refractivity contribution in [1.29, 1.82) is 0 Å². The first-order valence-corrected chi connectivity index (χ1v) is 6.49. The molecule has 1 aromatic carbocycles. The lowest BCUT2D eigenvalue weighted by Gasteiger charge is -2.24. The Balaban J connectivity index is 1.81. The third kappa shape index (κ3) is 3.13. The van der Waals surface area contributed by atoms with E-state index in [0.717, 1.165) is 44.5 Å². The number of nitrogens with zero attached hydrogens (tertiary/aromatic N) is 1. The molecule has 0 spiro atoms. The van der Waals surface area contributed by atoms with Gasteiger partial charge in [-0.1, -0.05) is 36.9 Å². The minimum absolute atomic E-state index is 0.179. The van der Waals surface area contributed by atoms with Crippen LogP contribution in [-0.4, -0.2) is 30.4 Å². The summed E-state index contributed by atoms with van der Waals surface area (Å²) in [6, 6.07) is 10.6. The fourth-order valence-corrected chi connectivity index (χ4v) is 2.42. The quantitative estimate of drug-likeness (QED) is 0.776. The molecule has 0 radical (unpaired) electrons. The van der Waals surface area contributed by atoms with E-state index in [9.17, 15) is 4.79 Å². The number of aryl methyl sites for hydroxylation is 1. The average Bonchev–Trinajstić information content (AvgIpc) is 2.82. The number of carbonyl (C=O) groups excluding carboxylic acids is 1. The maximum Gasteiger partial charge on any atom is 0.210 e. The zero-order valence-corrected chi connectivity index (χ0v) is 10.6. The van der Waals surface area contributed by atoms with Crippen molar-refractivity contribution in [2.24, 2.45) is 0 Å². The van der Waals surface area contributed by atoms with E-state index in [0.29, 0.717) is 0 Å². The largest absolute Gasteiger partial charge is 0.387 e. The molecule has 2 rings (SSSR count). The van der Waals surface area contributed by atoms with Gasteiger partial charge in [0.2, 0.25) is 6.41 Å². The van der Waals surface area contributed by atoms with Crippen LogP contribution in [0.3, 0.4) is 0 Å². The lowest BCUT2D eigenvalue weighted by Crippen LogP contribution is -2.35. The summed E-state index contributed by atoms with van der Waals surface area (Å²) in [4.78, 5) is 13.0. The number of nitrogens with one attached hydrogen (secondary N) is 1. The Bertz CT molecular complexity index is 402. The van der Waals surface area contributed by atoms with Gasteiger partial charge in [-0.25, -0.2) is 0 Å². The summed E-state index contributed by atoms with van der Waals surface area (Å²) in [6.07, 6.45) is 3.93. The first-order valence-electron chi connectivity index (χ1n) is 6.49. The third-order valence-electron chi connectivity index (χ3n) is 3.43. The number of hydrogen-bond acceptors (Lipinski definition) is 2. The number of rotatable bonds is 6. The molecule has 0 aromatic heterocycles. The first kappa shape index (κ1) is 12.7. The van der Waals surface area contributed by atoms with Gasteiger partial charge in [0.15, 0.2) is 0 Å². The molecule has 1 atom stereocenters. The Kier molecular flexibility index (Phi) is 4.40. The van der Waals surface area contributed by atoms with Crippen LogP contribution in [0.25, 0.3) is 0 Å². The van der Waals surface area contributed by atoms with E-state index in [1.807, 2.05) is 11.0 Å². The van der Waals surface area contributed by atoms with Crippen molar-refractivity contribution in [3.05, 3.63) is 48.2 Å². The molecule has 1 aliphatic heterocycles. The van der Waals surface area contributed by atoms with Crippen LogP contribution in [0.4, 0.5) is 0 Å². The SMILES string of the molecule is C=C1NCCC1N(C=O)CCCc1ccccc1. The van der Waals surface area contributed by atoms with Gasteiger partial charge in [-0.2, -0.15) is 0 Å². The molecule has 0 aliphatic carbocycles. The van der Waals surface area contributed by atoms with Gasteiger partial charge in [0.25, 0.3) is 0 Å². The molecule has 1 amide bonds. The summed E-state index contributed by atoms with van der Waals surface area (Å²) in [6.45, 7) is 5.68. The molecule has 1 aliphatic rings. The van der Waals surface area contributed by atoms with Gasteiger partial charge in [0.05, 0.1) is 6.04 Å². The fourth-order valence-electron chi connectivity index (χ4n) is 2.42. The van der Waals surface area contributed by atoms with Crippen molar-refractivity contribution in [3.63, 3.8) is 0 Å². The highest BCUT2D eigenvalue weighted by molar-refractivity contribution is 5.49. The van der Waals surface area contributed by atoms with Gasteiger partial charge < -0.3 is 10.2 Å². The lowest BCUT2D eigenvalue weighted by molar-refractivity contribution is -0.119. The zero-order valence-electron chi connectivity index (χ0n) is 10.6. The van der Waals surface area contributed by atoms with Gasteiger partial charge in [-0.05, 0) is 24.8 Å². The molecule has 3 nitrogen and oxygen atoms in total. The second kappa shape index (κ2) is 6.24. The fraction of sp³-hybridized carbons (Fsp3) is 0.400. The molecule has 0 saturated carbocycles. The highest BCUT2D eigenvalue weighted by Crippen LogP contribution is 2.16. The van der Waals surface area contributed by atoms with Crippen molar-refractivity contribution in [1.82, 2.24) is 10.2 Å². The summed E-state index contributed by atoms with van der Waals surface area (Å²) in [5.74, 6) is 0. The zero-order chi connectivity index (χ0) is 12.8. The molecule has 1 saturated heterocycles. The van der Waals surface area contributed by atoms with Crippen molar-refractivity contribution < 1.29 is 4.79 Å². The van der Waals surface area contributed by atoms with Crippen LogP contribution in [0.2, 0.25) is 0 Å².